The van der Waals surface area contributed by atoms with Crippen molar-refractivity contribution in [3.05, 3.63) is 112 Å². The van der Waals surface area contributed by atoms with Crippen LogP contribution in [0.3, 0.4) is 0 Å². The fourth-order valence-corrected chi connectivity index (χ4v) is 3.50. The minimum atomic E-state index is -0.571. The molecule has 31 heavy (non-hydrogen) atoms. The van der Waals surface area contributed by atoms with Crippen LogP contribution in [0.15, 0.2) is 84.9 Å². The molecule has 0 bridgehead atoms. The number of nitro benzene ring substituents is 1. The van der Waals surface area contributed by atoms with Crippen molar-refractivity contribution in [2.75, 3.05) is 6.54 Å². The van der Waals surface area contributed by atoms with Crippen LogP contribution in [0.2, 0.25) is 0 Å². The highest BCUT2D eigenvalue weighted by atomic mass is 16.6. The van der Waals surface area contributed by atoms with Crippen LogP contribution in [0, 0.1) is 10.1 Å². The van der Waals surface area contributed by atoms with E-state index in [2.05, 4.69) is 10.6 Å². The average Bonchev–Trinajstić information content (AvgIpc) is 2.79. The van der Waals surface area contributed by atoms with E-state index in [0.717, 1.165) is 11.1 Å². The molecule has 0 fully saturated rings. The molecule has 0 radical (unpaired) electrons. The molecule has 0 aliphatic heterocycles. The first-order chi connectivity index (χ1) is 15.0. The molecule has 0 aliphatic carbocycles. The van der Waals surface area contributed by atoms with Crippen LogP contribution < -0.4 is 10.6 Å². The van der Waals surface area contributed by atoms with Gasteiger partial charge in [0, 0.05) is 29.7 Å². The zero-order valence-electron chi connectivity index (χ0n) is 17.0. The molecule has 1 atom stereocenters. The number of benzene rings is 3. The van der Waals surface area contributed by atoms with Crippen LogP contribution in [0.5, 0.6) is 0 Å². The average molecular weight is 417 g/mol. The van der Waals surface area contributed by atoms with Gasteiger partial charge in [-0.3, -0.25) is 19.7 Å². The van der Waals surface area contributed by atoms with Gasteiger partial charge in [0.15, 0.2) is 0 Å². The molecule has 0 spiro atoms. The molecule has 2 N–H and O–H groups in total. The summed E-state index contributed by atoms with van der Waals surface area (Å²) < 4.78 is 0. The molecule has 3 aromatic carbocycles. The summed E-state index contributed by atoms with van der Waals surface area (Å²) in [5.41, 5.74) is 2.09. The van der Waals surface area contributed by atoms with Gasteiger partial charge in [-0.1, -0.05) is 66.7 Å². The van der Waals surface area contributed by atoms with E-state index >= 15 is 0 Å². The third-order valence-electron chi connectivity index (χ3n) is 4.93. The number of hydrogen-bond donors (Lipinski definition) is 2. The first-order valence-electron chi connectivity index (χ1n) is 9.87. The van der Waals surface area contributed by atoms with Crippen LogP contribution in [-0.4, -0.2) is 29.3 Å². The Morgan fingerprint density at radius 3 is 2.03 bits per heavy atom. The Labute approximate surface area is 180 Å². The Morgan fingerprint density at radius 2 is 1.48 bits per heavy atom. The smallest absolute Gasteiger partial charge is 0.270 e. The second kappa shape index (κ2) is 10.2. The quantitative estimate of drug-likeness (QED) is 0.431. The molecular formula is C24H23N3O4. The Bertz CT molecular complexity index is 1020. The number of nitrogens with zero attached hydrogens (tertiary/aromatic N) is 1. The van der Waals surface area contributed by atoms with Crippen molar-refractivity contribution in [1.29, 1.82) is 0 Å². The summed E-state index contributed by atoms with van der Waals surface area (Å²) in [4.78, 5) is 35.1. The summed E-state index contributed by atoms with van der Waals surface area (Å²) in [7, 11) is 0. The number of rotatable bonds is 8. The molecule has 158 valence electrons. The highest BCUT2D eigenvalue weighted by molar-refractivity contribution is 5.97. The van der Waals surface area contributed by atoms with Crippen molar-refractivity contribution in [3.8, 4) is 0 Å². The van der Waals surface area contributed by atoms with Gasteiger partial charge in [-0.05, 0) is 24.1 Å². The van der Waals surface area contributed by atoms with E-state index in [9.17, 15) is 19.7 Å². The summed E-state index contributed by atoms with van der Waals surface area (Å²) >= 11 is 0. The Kier molecular flexibility index (Phi) is 7.11. The van der Waals surface area contributed by atoms with Gasteiger partial charge in [0.2, 0.25) is 5.91 Å². The van der Waals surface area contributed by atoms with E-state index < -0.39 is 10.8 Å². The number of hydrogen-bond acceptors (Lipinski definition) is 4. The number of nitro groups is 1. The topological polar surface area (TPSA) is 101 Å². The molecule has 2 amide bonds. The van der Waals surface area contributed by atoms with Crippen molar-refractivity contribution < 1.29 is 14.5 Å². The van der Waals surface area contributed by atoms with Crippen molar-refractivity contribution in [3.63, 3.8) is 0 Å². The molecular weight excluding hydrogens is 394 g/mol. The molecule has 0 aliphatic rings. The van der Waals surface area contributed by atoms with E-state index in [0.29, 0.717) is 0 Å². The second-order valence-electron chi connectivity index (χ2n) is 7.15. The number of amides is 2. The number of nitrogens with one attached hydrogen (secondary N) is 2. The van der Waals surface area contributed by atoms with Crippen LogP contribution in [0.25, 0.3) is 0 Å². The molecule has 3 rings (SSSR count). The molecule has 0 heterocycles. The number of carbonyl (C=O) groups excluding carboxylic acids is 2. The fraction of sp³-hybridized carbons (Fsp3) is 0.167. The van der Waals surface area contributed by atoms with Crippen molar-refractivity contribution in [2.24, 2.45) is 0 Å². The van der Waals surface area contributed by atoms with Gasteiger partial charge in [-0.2, -0.15) is 0 Å². The summed E-state index contributed by atoms with van der Waals surface area (Å²) in [6.07, 6.45) is 0. The third-order valence-corrected chi connectivity index (χ3v) is 4.93. The van der Waals surface area contributed by atoms with Gasteiger partial charge < -0.3 is 10.6 Å². The Hall–Kier alpha value is -4.00. The lowest BCUT2D eigenvalue weighted by molar-refractivity contribution is -0.384. The molecule has 0 saturated carbocycles. The lowest BCUT2D eigenvalue weighted by Gasteiger charge is -2.26. The highest BCUT2D eigenvalue weighted by Crippen LogP contribution is 2.27. The van der Waals surface area contributed by atoms with E-state index in [1.807, 2.05) is 67.6 Å². The van der Waals surface area contributed by atoms with E-state index in [1.54, 1.807) is 0 Å². The predicted molar refractivity (Wildman–Crippen MR) is 118 cm³/mol. The largest absolute Gasteiger partial charge is 0.351 e. The first-order valence-corrected chi connectivity index (χ1v) is 9.87. The van der Waals surface area contributed by atoms with Gasteiger partial charge in [0.1, 0.15) is 0 Å². The van der Waals surface area contributed by atoms with Gasteiger partial charge in [-0.15, -0.1) is 0 Å². The van der Waals surface area contributed by atoms with Crippen LogP contribution in [0.1, 0.15) is 34.3 Å². The SMILES string of the molecule is C[C@H](NC(=O)CNC(=O)c1cccc([N+](=O)[O-])c1)C(c1ccccc1)c1ccccc1. The maximum absolute atomic E-state index is 12.5. The highest BCUT2D eigenvalue weighted by Gasteiger charge is 2.23. The Balaban J connectivity index is 1.65. The standard InChI is InChI=1S/C24H23N3O4/c1-17(23(18-9-4-2-5-10-18)19-11-6-3-7-12-19)26-22(28)16-25-24(29)20-13-8-14-21(15-20)27(30)31/h2-15,17,23H,16H2,1H3,(H,25,29)(H,26,28)/t17-/m0/s1. The van der Waals surface area contributed by atoms with Gasteiger partial charge in [0.05, 0.1) is 11.5 Å². The van der Waals surface area contributed by atoms with Crippen LogP contribution >= 0.6 is 0 Å². The minimum Gasteiger partial charge on any atom is -0.351 e. The molecule has 7 nitrogen and oxygen atoms in total. The molecule has 0 unspecified atom stereocenters. The number of non-ortho nitro benzene ring substituents is 1. The lowest BCUT2D eigenvalue weighted by Crippen LogP contribution is -2.43. The van der Waals surface area contributed by atoms with Crippen LogP contribution in [0.4, 0.5) is 5.69 Å². The summed E-state index contributed by atoms with van der Waals surface area (Å²) in [6, 6.07) is 24.9. The van der Waals surface area contributed by atoms with Crippen molar-refractivity contribution in [1.82, 2.24) is 10.6 Å². The molecule has 0 aromatic heterocycles. The minimum absolute atomic E-state index is 0.0566. The zero-order valence-corrected chi connectivity index (χ0v) is 17.0. The summed E-state index contributed by atoms with van der Waals surface area (Å²) in [5, 5.41) is 16.3. The molecule has 3 aromatic rings. The monoisotopic (exact) mass is 417 g/mol. The van der Waals surface area contributed by atoms with Gasteiger partial charge in [-0.25, -0.2) is 0 Å². The van der Waals surface area contributed by atoms with E-state index in [-0.39, 0.29) is 35.7 Å². The molecule has 0 saturated heterocycles. The Morgan fingerprint density at radius 1 is 0.903 bits per heavy atom. The van der Waals surface area contributed by atoms with E-state index in [4.69, 9.17) is 0 Å². The normalized spacial score (nSPS) is 11.5. The van der Waals surface area contributed by atoms with Crippen molar-refractivity contribution >= 4 is 17.5 Å². The molecule has 7 heteroatoms. The first kappa shape index (κ1) is 21.7. The predicted octanol–water partition coefficient (Wildman–Crippen LogP) is 3.66. The fourth-order valence-electron chi connectivity index (χ4n) is 3.50. The van der Waals surface area contributed by atoms with Crippen LogP contribution in [-0.2, 0) is 4.79 Å². The van der Waals surface area contributed by atoms with Gasteiger partial charge in [0.25, 0.3) is 11.6 Å². The summed E-state index contributed by atoms with van der Waals surface area (Å²) in [5.74, 6) is -0.948. The van der Waals surface area contributed by atoms with Crippen molar-refractivity contribution in [2.45, 2.75) is 18.9 Å². The zero-order chi connectivity index (χ0) is 22.2. The third kappa shape index (κ3) is 5.76. The maximum atomic E-state index is 12.5. The van der Waals surface area contributed by atoms with E-state index in [1.165, 1.54) is 24.3 Å². The maximum Gasteiger partial charge on any atom is 0.270 e. The second-order valence-corrected chi connectivity index (χ2v) is 7.15. The van der Waals surface area contributed by atoms with Gasteiger partial charge >= 0.3 is 0 Å². The summed E-state index contributed by atoms with van der Waals surface area (Å²) in [6.45, 7) is 1.69. The lowest BCUT2D eigenvalue weighted by atomic mass is 9.86. The number of carbonyl (C=O) groups is 2.